The highest BCUT2D eigenvalue weighted by Gasteiger charge is 2.17. The Labute approximate surface area is 149 Å². The summed E-state index contributed by atoms with van der Waals surface area (Å²) >= 11 is 0. The molecule has 1 amide bonds. The number of para-hydroxylation sites is 1. The lowest BCUT2D eigenvalue weighted by molar-refractivity contribution is -0.117. The number of carbonyl (C=O) groups is 1. The van der Waals surface area contributed by atoms with Crippen molar-refractivity contribution < 1.29 is 18.0 Å². The van der Waals surface area contributed by atoms with Crippen molar-refractivity contribution in [2.24, 2.45) is 0 Å². The van der Waals surface area contributed by atoms with Crippen LogP contribution in [0.2, 0.25) is 0 Å². The van der Waals surface area contributed by atoms with Crippen molar-refractivity contribution in [1.29, 1.82) is 0 Å². The van der Waals surface area contributed by atoms with E-state index in [1.807, 2.05) is 11.8 Å². The van der Waals surface area contributed by atoms with E-state index < -0.39 is 5.82 Å². The van der Waals surface area contributed by atoms with Gasteiger partial charge in [-0.25, -0.2) is 4.39 Å². The number of rotatable bonds is 8. The van der Waals surface area contributed by atoms with E-state index in [0.717, 1.165) is 6.42 Å². The van der Waals surface area contributed by atoms with Crippen LogP contribution < -0.4 is 5.32 Å². The first-order chi connectivity index (χ1) is 12.7. The Morgan fingerprint density at radius 1 is 1.23 bits per heavy atom. The molecule has 0 unspecified atom stereocenters. The maximum Gasteiger partial charge on any atom is 0.283 e. The Morgan fingerprint density at radius 3 is 2.81 bits per heavy atom. The van der Waals surface area contributed by atoms with E-state index in [-0.39, 0.29) is 24.0 Å². The summed E-state index contributed by atoms with van der Waals surface area (Å²) < 4.78 is 24.4. The third kappa shape index (κ3) is 4.54. The second kappa shape index (κ2) is 8.39. The van der Waals surface area contributed by atoms with E-state index >= 15 is 0 Å². The van der Waals surface area contributed by atoms with Gasteiger partial charge in [0.15, 0.2) is 5.76 Å². The monoisotopic (exact) mass is 358 g/mol. The molecule has 0 aliphatic carbocycles. The standard InChI is InChI=1S/C18H19FN4O3/c1-2-9-23(11-16(24)20-14-7-4-3-6-13(14)19)12-17-21-22-18(26-17)15-8-5-10-25-15/h3-8,10H,2,9,11-12H2,1H3,(H,20,24). The predicted octanol–water partition coefficient (Wildman–Crippen LogP) is 3.32. The Kier molecular flexibility index (Phi) is 5.75. The van der Waals surface area contributed by atoms with E-state index in [1.54, 1.807) is 24.3 Å². The number of benzene rings is 1. The first kappa shape index (κ1) is 17.8. The van der Waals surface area contributed by atoms with Gasteiger partial charge in [0.2, 0.25) is 11.8 Å². The molecular weight excluding hydrogens is 339 g/mol. The van der Waals surface area contributed by atoms with Crippen LogP contribution in [0.3, 0.4) is 0 Å². The summed E-state index contributed by atoms with van der Waals surface area (Å²) in [7, 11) is 0. The van der Waals surface area contributed by atoms with Crippen molar-refractivity contribution in [2.75, 3.05) is 18.4 Å². The van der Waals surface area contributed by atoms with E-state index in [2.05, 4.69) is 15.5 Å². The molecule has 2 heterocycles. The molecule has 0 fully saturated rings. The molecule has 136 valence electrons. The highest BCUT2D eigenvalue weighted by Crippen LogP contribution is 2.18. The van der Waals surface area contributed by atoms with Gasteiger partial charge in [-0.15, -0.1) is 10.2 Å². The average Bonchev–Trinajstić information content (AvgIpc) is 3.28. The second-order valence-corrected chi connectivity index (χ2v) is 5.72. The largest absolute Gasteiger partial charge is 0.459 e. The molecule has 7 nitrogen and oxygen atoms in total. The van der Waals surface area contributed by atoms with Gasteiger partial charge in [0, 0.05) is 0 Å². The van der Waals surface area contributed by atoms with Gasteiger partial charge in [0.05, 0.1) is 25.0 Å². The van der Waals surface area contributed by atoms with Crippen LogP contribution in [0.5, 0.6) is 0 Å². The zero-order valence-corrected chi connectivity index (χ0v) is 14.3. The highest BCUT2D eigenvalue weighted by atomic mass is 19.1. The van der Waals surface area contributed by atoms with Gasteiger partial charge in [-0.05, 0) is 37.2 Å². The molecule has 0 aliphatic heterocycles. The summed E-state index contributed by atoms with van der Waals surface area (Å²) in [4.78, 5) is 14.1. The minimum atomic E-state index is -0.470. The molecule has 0 radical (unpaired) electrons. The Hall–Kier alpha value is -3.00. The number of aromatic nitrogens is 2. The lowest BCUT2D eigenvalue weighted by atomic mass is 10.3. The summed E-state index contributed by atoms with van der Waals surface area (Å²) in [6, 6.07) is 9.51. The molecule has 0 saturated carbocycles. The summed E-state index contributed by atoms with van der Waals surface area (Å²) in [5.74, 6) is 0.376. The number of hydrogen-bond donors (Lipinski definition) is 1. The number of halogens is 1. The molecule has 0 saturated heterocycles. The van der Waals surface area contributed by atoms with Gasteiger partial charge in [0.1, 0.15) is 5.82 Å². The number of carbonyl (C=O) groups excluding carboxylic acids is 1. The lowest BCUT2D eigenvalue weighted by Gasteiger charge is -2.19. The van der Waals surface area contributed by atoms with Crippen LogP contribution in [0.4, 0.5) is 10.1 Å². The fraction of sp³-hybridized carbons (Fsp3) is 0.278. The lowest BCUT2D eigenvalue weighted by Crippen LogP contribution is -2.33. The first-order valence-corrected chi connectivity index (χ1v) is 8.28. The molecule has 3 rings (SSSR count). The zero-order chi connectivity index (χ0) is 18.4. The van der Waals surface area contributed by atoms with Gasteiger partial charge in [0.25, 0.3) is 5.89 Å². The summed E-state index contributed by atoms with van der Waals surface area (Å²) in [5.41, 5.74) is 0.159. The molecule has 0 atom stereocenters. The zero-order valence-electron chi connectivity index (χ0n) is 14.3. The van der Waals surface area contributed by atoms with E-state index in [0.29, 0.717) is 24.7 Å². The van der Waals surface area contributed by atoms with Crippen LogP contribution in [0.25, 0.3) is 11.7 Å². The number of nitrogens with zero attached hydrogens (tertiary/aromatic N) is 3. The van der Waals surface area contributed by atoms with Crippen molar-refractivity contribution in [1.82, 2.24) is 15.1 Å². The molecule has 0 bridgehead atoms. The highest BCUT2D eigenvalue weighted by molar-refractivity contribution is 5.92. The average molecular weight is 358 g/mol. The van der Waals surface area contributed by atoms with Crippen molar-refractivity contribution in [3.8, 4) is 11.7 Å². The van der Waals surface area contributed by atoms with Gasteiger partial charge >= 0.3 is 0 Å². The van der Waals surface area contributed by atoms with E-state index in [1.165, 1.54) is 18.4 Å². The summed E-state index contributed by atoms with van der Waals surface area (Å²) in [6.07, 6.45) is 2.36. The minimum Gasteiger partial charge on any atom is -0.459 e. The quantitative estimate of drug-likeness (QED) is 0.665. The fourth-order valence-corrected chi connectivity index (χ4v) is 2.49. The van der Waals surface area contributed by atoms with E-state index in [4.69, 9.17) is 8.83 Å². The smallest absolute Gasteiger partial charge is 0.283 e. The van der Waals surface area contributed by atoms with Crippen LogP contribution in [0.1, 0.15) is 19.2 Å². The fourth-order valence-electron chi connectivity index (χ4n) is 2.49. The number of amides is 1. The van der Waals surface area contributed by atoms with Gasteiger partial charge in [-0.2, -0.15) is 0 Å². The molecule has 26 heavy (non-hydrogen) atoms. The molecule has 0 spiro atoms. The number of hydrogen-bond acceptors (Lipinski definition) is 6. The van der Waals surface area contributed by atoms with Crippen molar-refractivity contribution in [3.63, 3.8) is 0 Å². The number of nitrogens with one attached hydrogen (secondary N) is 1. The Bertz CT molecular complexity index is 848. The van der Waals surface area contributed by atoms with Crippen LogP contribution in [-0.2, 0) is 11.3 Å². The number of furan rings is 1. The van der Waals surface area contributed by atoms with Crippen molar-refractivity contribution >= 4 is 11.6 Å². The SMILES string of the molecule is CCCN(CC(=O)Nc1ccccc1F)Cc1nnc(-c2ccco2)o1. The van der Waals surface area contributed by atoms with Gasteiger partial charge in [-0.1, -0.05) is 19.1 Å². The molecule has 8 heteroatoms. The Balaban J connectivity index is 1.62. The number of anilines is 1. The van der Waals surface area contributed by atoms with Crippen molar-refractivity contribution in [2.45, 2.75) is 19.9 Å². The third-order valence-electron chi connectivity index (χ3n) is 3.61. The minimum absolute atomic E-state index is 0.0840. The Morgan fingerprint density at radius 2 is 2.08 bits per heavy atom. The van der Waals surface area contributed by atoms with Crippen LogP contribution >= 0.6 is 0 Å². The maximum absolute atomic E-state index is 13.6. The van der Waals surface area contributed by atoms with Crippen LogP contribution in [0.15, 0.2) is 51.5 Å². The topological polar surface area (TPSA) is 84.4 Å². The maximum atomic E-state index is 13.6. The molecular formula is C18H19FN4O3. The second-order valence-electron chi connectivity index (χ2n) is 5.72. The van der Waals surface area contributed by atoms with Gasteiger partial charge in [-0.3, -0.25) is 9.69 Å². The first-order valence-electron chi connectivity index (χ1n) is 8.28. The molecule has 1 N–H and O–H groups in total. The molecule has 3 aromatic rings. The summed E-state index contributed by atoms with van der Waals surface area (Å²) in [6.45, 7) is 3.06. The normalized spacial score (nSPS) is 11.0. The molecule has 0 aliphatic rings. The molecule has 1 aromatic carbocycles. The van der Waals surface area contributed by atoms with Crippen LogP contribution in [0, 0.1) is 5.82 Å². The summed E-state index contributed by atoms with van der Waals surface area (Å²) in [5, 5.41) is 10.5. The van der Waals surface area contributed by atoms with E-state index in [9.17, 15) is 9.18 Å². The van der Waals surface area contributed by atoms with Crippen LogP contribution in [-0.4, -0.2) is 34.1 Å². The predicted molar refractivity (Wildman–Crippen MR) is 92.6 cm³/mol. The third-order valence-corrected chi connectivity index (χ3v) is 3.61. The van der Waals surface area contributed by atoms with Gasteiger partial charge < -0.3 is 14.2 Å². The van der Waals surface area contributed by atoms with Crippen molar-refractivity contribution in [3.05, 3.63) is 54.4 Å². The molecule has 2 aromatic heterocycles.